The molecule has 0 atom stereocenters. The maximum absolute atomic E-state index is 11.7. The van der Waals surface area contributed by atoms with Gasteiger partial charge in [-0.2, -0.15) is 0 Å². The zero-order valence-electron chi connectivity index (χ0n) is 12.4. The van der Waals surface area contributed by atoms with Gasteiger partial charge in [-0.25, -0.2) is 0 Å². The Morgan fingerprint density at radius 2 is 1.90 bits per heavy atom. The Morgan fingerprint density at radius 1 is 1.25 bits per heavy atom. The average molecular weight is 342 g/mol. The number of methoxy groups -OCH3 is 2. The van der Waals surface area contributed by atoms with Crippen molar-refractivity contribution in [3.63, 3.8) is 0 Å². The van der Waals surface area contributed by atoms with E-state index >= 15 is 0 Å². The van der Waals surface area contributed by atoms with Gasteiger partial charge >= 0.3 is 0 Å². The van der Waals surface area contributed by atoms with Crippen LogP contribution in [0.1, 0.15) is 26.3 Å². The van der Waals surface area contributed by atoms with E-state index in [1.807, 2.05) is 32.9 Å². The number of carbonyl (C=O) groups excluding carboxylic acids is 1. The van der Waals surface area contributed by atoms with Gasteiger partial charge in [-0.05, 0) is 60.5 Å². The van der Waals surface area contributed by atoms with Gasteiger partial charge in [0.05, 0.1) is 18.7 Å². The number of nitrogens with one attached hydrogen (secondary N) is 1. The molecule has 1 aromatic carbocycles. The molecule has 1 amide bonds. The summed E-state index contributed by atoms with van der Waals surface area (Å²) in [6.45, 7) is 5.81. The van der Waals surface area contributed by atoms with Crippen LogP contribution in [-0.4, -0.2) is 25.7 Å². The lowest BCUT2D eigenvalue weighted by atomic mass is 10.1. The van der Waals surface area contributed by atoms with Gasteiger partial charge in [-0.1, -0.05) is 0 Å². The second-order valence-electron chi connectivity index (χ2n) is 5.31. The Hall–Kier alpha value is -1.49. The third kappa shape index (κ3) is 4.89. The molecule has 0 aromatic heterocycles. The fourth-order valence-corrected chi connectivity index (χ4v) is 2.24. The summed E-state index contributed by atoms with van der Waals surface area (Å²) in [5, 5.41) is 2.86. The molecule has 1 aromatic rings. The van der Waals surface area contributed by atoms with E-state index in [1.165, 1.54) is 6.08 Å². The van der Waals surface area contributed by atoms with Crippen LogP contribution in [0, 0.1) is 0 Å². The Bertz CT molecular complexity index is 519. The van der Waals surface area contributed by atoms with Crippen LogP contribution >= 0.6 is 15.9 Å². The van der Waals surface area contributed by atoms with E-state index in [9.17, 15) is 4.79 Å². The summed E-state index contributed by atoms with van der Waals surface area (Å²) in [7, 11) is 3.15. The minimum atomic E-state index is -0.250. The summed E-state index contributed by atoms with van der Waals surface area (Å²) >= 11 is 3.42. The van der Waals surface area contributed by atoms with Crippen LogP contribution in [0.15, 0.2) is 22.7 Å². The number of amides is 1. The van der Waals surface area contributed by atoms with Gasteiger partial charge in [0.1, 0.15) is 0 Å². The molecule has 0 fully saturated rings. The van der Waals surface area contributed by atoms with E-state index < -0.39 is 0 Å². The molecule has 0 spiro atoms. The maximum atomic E-state index is 11.7. The topological polar surface area (TPSA) is 47.6 Å². The minimum absolute atomic E-state index is 0.136. The largest absolute Gasteiger partial charge is 0.493 e. The standard InChI is InChI=1S/C15H20BrNO3/c1-15(2,3)17-13(18)7-6-10-8-11(16)14(20-5)12(9-10)19-4/h6-9H,1-5H3,(H,17,18)/b7-6+. The average Bonchev–Trinajstić information content (AvgIpc) is 2.33. The van der Waals surface area contributed by atoms with Crippen molar-refractivity contribution in [2.24, 2.45) is 0 Å². The molecule has 0 saturated carbocycles. The Labute approximate surface area is 128 Å². The first-order valence-corrected chi connectivity index (χ1v) is 6.98. The maximum Gasteiger partial charge on any atom is 0.244 e. The number of halogens is 1. The summed E-state index contributed by atoms with van der Waals surface area (Å²) < 4.78 is 11.3. The van der Waals surface area contributed by atoms with Gasteiger partial charge < -0.3 is 14.8 Å². The van der Waals surface area contributed by atoms with Crippen LogP contribution in [0.4, 0.5) is 0 Å². The van der Waals surface area contributed by atoms with Crippen molar-refractivity contribution in [3.05, 3.63) is 28.2 Å². The lowest BCUT2D eigenvalue weighted by molar-refractivity contribution is -0.117. The van der Waals surface area contributed by atoms with Gasteiger partial charge in [0.15, 0.2) is 11.5 Å². The zero-order chi connectivity index (χ0) is 15.3. The lowest BCUT2D eigenvalue weighted by Crippen LogP contribution is -2.39. The van der Waals surface area contributed by atoms with Gasteiger partial charge in [-0.15, -0.1) is 0 Å². The molecule has 110 valence electrons. The van der Waals surface area contributed by atoms with E-state index in [0.29, 0.717) is 11.5 Å². The molecular formula is C15H20BrNO3. The second kappa shape index (κ2) is 6.79. The van der Waals surface area contributed by atoms with Crippen molar-refractivity contribution in [2.75, 3.05) is 14.2 Å². The van der Waals surface area contributed by atoms with Gasteiger partial charge in [-0.3, -0.25) is 4.79 Å². The first-order chi connectivity index (χ1) is 9.26. The van der Waals surface area contributed by atoms with Gasteiger partial charge in [0.25, 0.3) is 0 Å². The molecule has 0 heterocycles. The lowest BCUT2D eigenvalue weighted by Gasteiger charge is -2.19. The molecule has 5 heteroatoms. The normalized spacial score (nSPS) is 11.5. The predicted molar refractivity (Wildman–Crippen MR) is 84.2 cm³/mol. The van der Waals surface area contributed by atoms with Crippen LogP contribution in [0.3, 0.4) is 0 Å². The molecule has 0 radical (unpaired) electrons. The van der Waals surface area contributed by atoms with Crippen molar-refractivity contribution < 1.29 is 14.3 Å². The second-order valence-corrected chi connectivity index (χ2v) is 6.17. The molecule has 1 rings (SSSR count). The number of rotatable bonds is 4. The third-order valence-electron chi connectivity index (χ3n) is 2.38. The number of hydrogen-bond acceptors (Lipinski definition) is 3. The van der Waals surface area contributed by atoms with E-state index in [1.54, 1.807) is 20.3 Å². The number of ether oxygens (including phenoxy) is 2. The van der Waals surface area contributed by atoms with E-state index in [4.69, 9.17) is 9.47 Å². The summed E-state index contributed by atoms with van der Waals surface area (Å²) in [5.41, 5.74) is 0.596. The van der Waals surface area contributed by atoms with E-state index in [0.717, 1.165) is 10.0 Å². The molecule has 0 aliphatic rings. The first kappa shape index (κ1) is 16.6. The quantitative estimate of drug-likeness (QED) is 0.854. The predicted octanol–water partition coefficient (Wildman–Crippen LogP) is 3.39. The van der Waals surface area contributed by atoms with Crippen molar-refractivity contribution in [3.8, 4) is 11.5 Å². The molecular weight excluding hydrogens is 322 g/mol. The molecule has 0 unspecified atom stereocenters. The molecule has 20 heavy (non-hydrogen) atoms. The molecule has 0 aliphatic carbocycles. The highest BCUT2D eigenvalue weighted by molar-refractivity contribution is 9.10. The van der Waals surface area contributed by atoms with Gasteiger partial charge in [0.2, 0.25) is 5.91 Å². The number of benzene rings is 1. The van der Waals surface area contributed by atoms with Crippen LogP contribution in [-0.2, 0) is 4.79 Å². The summed E-state index contributed by atoms with van der Waals surface area (Å²) in [6.07, 6.45) is 3.23. The van der Waals surface area contributed by atoms with Crippen molar-refractivity contribution in [1.29, 1.82) is 0 Å². The zero-order valence-corrected chi connectivity index (χ0v) is 14.0. The highest BCUT2D eigenvalue weighted by Crippen LogP contribution is 2.36. The third-order valence-corrected chi connectivity index (χ3v) is 2.97. The molecule has 4 nitrogen and oxygen atoms in total. The molecule has 1 N–H and O–H groups in total. The Balaban J connectivity index is 2.93. The number of carbonyl (C=O) groups is 1. The van der Waals surface area contributed by atoms with E-state index in [2.05, 4.69) is 21.2 Å². The van der Waals surface area contributed by atoms with Gasteiger partial charge in [0, 0.05) is 11.6 Å². The van der Waals surface area contributed by atoms with Crippen LogP contribution in [0.25, 0.3) is 6.08 Å². The molecule has 0 saturated heterocycles. The fourth-order valence-electron chi connectivity index (χ4n) is 1.62. The summed E-state index contributed by atoms with van der Waals surface area (Å²) in [5.74, 6) is 1.10. The van der Waals surface area contributed by atoms with Crippen molar-refractivity contribution in [1.82, 2.24) is 5.32 Å². The van der Waals surface area contributed by atoms with Crippen molar-refractivity contribution >= 4 is 27.9 Å². The highest BCUT2D eigenvalue weighted by Gasteiger charge is 2.12. The Morgan fingerprint density at radius 3 is 2.40 bits per heavy atom. The van der Waals surface area contributed by atoms with Crippen molar-refractivity contribution in [2.45, 2.75) is 26.3 Å². The first-order valence-electron chi connectivity index (χ1n) is 6.18. The smallest absolute Gasteiger partial charge is 0.244 e. The van der Waals surface area contributed by atoms with Crippen LogP contribution < -0.4 is 14.8 Å². The van der Waals surface area contributed by atoms with E-state index in [-0.39, 0.29) is 11.4 Å². The summed E-state index contributed by atoms with van der Waals surface area (Å²) in [6, 6.07) is 3.67. The van der Waals surface area contributed by atoms with Crippen LogP contribution in [0.2, 0.25) is 0 Å². The number of hydrogen-bond donors (Lipinski definition) is 1. The summed E-state index contributed by atoms with van der Waals surface area (Å²) in [4.78, 5) is 11.7. The Kier molecular flexibility index (Phi) is 5.62. The SMILES string of the molecule is COc1cc(/C=C/C(=O)NC(C)(C)C)cc(Br)c1OC. The minimum Gasteiger partial charge on any atom is -0.493 e. The molecule has 0 bridgehead atoms. The molecule has 0 aliphatic heterocycles. The monoisotopic (exact) mass is 341 g/mol. The van der Waals surface area contributed by atoms with Crippen LogP contribution in [0.5, 0.6) is 11.5 Å². The fraction of sp³-hybridized carbons (Fsp3) is 0.400. The highest BCUT2D eigenvalue weighted by atomic mass is 79.9.